The molecule has 0 N–H and O–H groups in total. The highest BCUT2D eigenvalue weighted by molar-refractivity contribution is 7.25. The molecule has 238 valence electrons. The lowest BCUT2D eigenvalue weighted by Crippen LogP contribution is -1.97. The fourth-order valence-electron chi connectivity index (χ4n) is 8.04. The normalized spacial score (nSPS) is 11.9. The van der Waals surface area contributed by atoms with Gasteiger partial charge >= 0.3 is 0 Å². The second-order valence-corrected chi connectivity index (χ2v) is 14.3. The van der Waals surface area contributed by atoms with Gasteiger partial charge in [0, 0.05) is 53.9 Å². The molecule has 7 aromatic carbocycles. The molecule has 0 aliphatic rings. The largest absolute Gasteiger partial charge is 0.309 e. The van der Waals surface area contributed by atoms with Gasteiger partial charge in [0.1, 0.15) is 0 Å². The minimum absolute atomic E-state index is 1.03. The Balaban J connectivity index is 1.17. The summed E-state index contributed by atoms with van der Waals surface area (Å²) in [6, 6.07) is 61.8. The summed E-state index contributed by atoms with van der Waals surface area (Å²) in [6.07, 6.45) is 1.91. The second kappa shape index (κ2) is 11.0. The first-order chi connectivity index (χ1) is 25.3. The van der Waals surface area contributed by atoms with Crippen molar-refractivity contribution >= 4 is 75.3 Å². The Labute approximate surface area is 297 Å². The molecular formula is C47H29N3S. The molecule has 0 unspecified atom stereocenters. The molecular weight excluding hydrogens is 639 g/mol. The van der Waals surface area contributed by atoms with Gasteiger partial charge in [-0.2, -0.15) is 0 Å². The molecule has 0 saturated heterocycles. The van der Waals surface area contributed by atoms with Crippen LogP contribution in [0.15, 0.2) is 176 Å². The van der Waals surface area contributed by atoms with Gasteiger partial charge in [0.05, 0.1) is 27.6 Å². The van der Waals surface area contributed by atoms with E-state index in [0.717, 1.165) is 22.4 Å². The highest BCUT2D eigenvalue weighted by Crippen LogP contribution is 2.42. The van der Waals surface area contributed by atoms with Crippen molar-refractivity contribution in [2.75, 3.05) is 0 Å². The molecule has 0 bridgehead atoms. The van der Waals surface area contributed by atoms with Crippen LogP contribution in [0.4, 0.5) is 0 Å². The van der Waals surface area contributed by atoms with Gasteiger partial charge in [0.15, 0.2) is 0 Å². The Hall–Kier alpha value is -6.49. The number of hydrogen-bond donors (Lipinski definition) is 0. The molecule has 0 spiro atoms. The fraction of sp³-hybridized carbons (Fsp3) is 0. The minimum atomic E-state index is 1.03. The summed E-state index contributed by atoms with van der Waals surface area (Å²) in [5.41, 5.74) is 12.7. The van der Waals surface area contributed by atoms with E-state index in [-0.39, 0.29) is 0 Å². The van der Waals surface area contributed by atoms with Crippen molar-refractivity contribution in [3.05, 3.63) is 176 Å². The summed E-state index contributed by atoms with van der Waals surface area (Å²) in [4.78, 5) is 4.93. The number of nitrogens with zero attached hydrogens (tertiary/aromatic N) is 3. The summed E-state index contributed by atoms with van der Waals surface area (Å²) in [5, 5.41) is 6.22. The lowest BCUT2D eigenvalue weighted by molar-refractivity contribution is 1.16. The molecule has 0 saturated carbocycles. The average Bonchev–Trinajstić information content (AvgIpc) is 3.84. The SMILES string of the molecule is c1ccc(-c2cc(-c3ccccc3)cc(-n3c4ccccc4c4cc(-n5c6cc7sc8ccccc8c7cc6c6ncccc65)ccc43)c2)cc1. The molecule has 0 aliphatic heterocycles. The molecule has 0 radical (unpaired) electrons. The van der Waals surface area contributed by atoms with E-state index in [4.69, 9.17) is 4.98 Å². The molecule has 4 heterocycles. The van der Waals surface area contributed by atoms with E-state index < -0.39 is 0 Å². The number of rotatable bonds is 4. The highest BCUT2D eigenvalue weighted by atomic mass is 32.1. The van der Waals surface area contributed by atoms with Crippen LogP contribution in [-0.4, -0.2) is 14.1 Å². The summed E-state index contributed by atoms with van der Waals surface area (Å²) in [7, 11) is 0. The Morgan fingerprint density at radius 2 is 1.00 bits per heavy atom. The first kappa shape index (κ1) is 28.4. The first-order valence-electron chi connectivity index (χ1n) is 17.3. The molecule has 0 amide bonds. The summed E-state index contributed by atoms with van der Waals surface area (Å²) < 4.78 is 7.43. The maximum atomic E-state index is 4.93. The zero-order valence-electron chi connectivity index (χ0n) is 27.5. The lowest BCUT2D eigenvalue weighted by atomic mass is 9.98. The summed E-state index contributed by atoms with van der Waals surface area (Å²) >= 11 is 1.86. The molecule has 0 aliphatic carbocycles. The van der Waals surface area contributed by atoms with Crippen molar-refractivity contribution in [2.45, 2.75) is 0 Å². The second-order valence-electron chi connectivity index (χ2n) is 13.2. The van der Waals surface area contributed by atoms with Gasteiger partial charge in [0.2, 0.25) is 0 Å². The zero-order chi connectivity index (χ0) is 33.5. The quantitative estimate of drug-likeness (QED) is 0.183. The lowest BCUT2D eigenvalue weighted by Gasteiger charge is -2.14. The van der Waals surface area contributed by atoms with Gasteiger partial charge < -0.3 is 9.13 Å². The zero-order valence-corrected chi connectivity index (χ0v) is 28.3. The van der Waals surface area contributed by atoms with Gasteiger partial charge in [-0.3, -0.25) is 4.98 Å². The third-order valence-corrected chi connectivity index (χ3v) is 11.5. The number of aromatic nitrogens is 3. The summed E-state index contributed by atoms with van der Waals surface area (Å²) in [5.74, 6) is 0. The van der Waals surface area contributed by atoms with Crippen LogP contribution in [-0.2, 0) is 0 Å². The van der Waals surface area contributed by atoms with Crippen molar-refractivity contribution < 1.29 is 0 Å². The van der Waals surface area contributed by atoms with E-state index in [9.17, 15) is 0 Å². The van der Waals surface area contributed by atoms with Crippen LogP contribution in [0.25, 0.3) is 97.5 Å². The maximum Gasteiger partial charge on any atom is 0.0963 e. The van der Waals surface area contributed by atoms with E-state index >= 15 is 0 Å². The Kier molecular flexibility index (Phi) is 6.12. The molecule has 51 heavy (non-hydrogen) atoms. The minimum Gasteiger partial charge on any atom is -0.309 e. The first-order valence-corrected chi connectivity index (χ1v) is 18.1. The summed E-state index contributed by atoms with van der Waals surface area (Å²) in [6.45, 7) is 0. The topological polar surface area (TPSA) is 22.8 Å². The molecule has 11 rings (SSSR count). The van der Waals surface area contributed by atoms with Crippen LogP contribution in [0.1, 0.15) is 0 Å². The molecule has 4 aromatic heterocycles. The van der Waals surface area contributed by atoms with Crippen LogP contribution >= 0.6 is 11.3 Å². The van der Waals surface area contributed by atoms with Crippen molar-refractivity contribution in [2.24, 2.45) is 0 Å². The third kappa shape index (κ3) is 4.33. The van der Waals surface area contributed by atoms with E-state index in [1.54, 1.807) is 0 Å². The van der Waals surface area contributed by atoms with Gasteiger partial charge in [-0.1, -0.05) is 97.1 Å². The Morgan fingerprint density at radius 3 is 1.78 bits per heavy atom. The standard InChI is InChI=1S/C47H29N3S/c1-3-12-30(13-4-1)32-24-33(31-14-5-2-6-15-31)26-35(25-32)50-41-18-9-7-16-36(41)38-27-34(21-22-42(38)50)49-43-19-11-23-48-47(43)40-28-39-37-17-8-10-20-45(37)51-46(39)29-44(40)49/h1-29H. The van der Waals surface area contributed by atoms with Crippen LogP contribution < -0.4 is 0 Å². The maximum absolute atomic E-state index is 4.93. The molecule has 0 fully saturated rings. The predicted octanol–water partition coefficient (Wildman–Crippen LogP) is 13.0. The number of pyridine rings is 1. The number of benzene rings is 7. The smallest absolute Gasteiger partial charge is 0.0963 e. The van der Waals surface area contributed by atoms with Crippen LogP contribution in [0.3, 0.4) is 0 Å². The van der Waals surface area contributed by atoms with Crippen LogP contribution in [0.2, 0.25) is 0 Å². The van der Waals surface area contributed by atoms with Gasteiger partial charge in [-0.25, -0.2) is 0 Å². The van der Waals surface area contributed by atoms with Crippen molar-refractivity contribution in [1.82, 2.24) is 14.1 Å². The number of para-hydroxylation sites is 1. The highest BCUT2D eigenvalue weighted by Gasteiger charge is 2.19. The molecule has 3 nitrogen and oxygen atoms in total. The number of thiophene rings is 1. The number of hydrogen-bond acceptors (Lipinski definition) is 2. The van der Waals surface area contributed by atoms with Gasteiger partial charge in [-0.05, 0) is 95.1 Å². The van der Waals surface area contributed by atoms with E-state index in [1.165, 1.54) is 75.1 Å². The van der Waals surface area contributed by atoms with E-state index in [0.29, 0.717) is 0 Å². The van der Waals surface area contributed by atoms with Crippen LogP contribution in [0.5, 0.6) is 0 Å². The molecule has 11 aromatic rings. The Bertz CT molecular complexity index is 3070. The predicted molar refractivity (Wildman–Crippen MR) is 217 cm³/mol. The van der Waals surface area contributed by atoms with Gasteiger partial charge in [-0.15, -0.1) is 11.3 Å². The van der Waals surface area contributed by atoms with Crippen molar-refractivity contribution in [3.63, 3.8) is 0 Å². The average molecular weight is 668 g/mol. The van der Waals surface area contributed by atoms with Crippen molar-refractivity contribution in [3.8, 4) is 33.6 Å². The Morgan fingerprint density at radius 1 is 0.353 bits per heavy atom. The third-order valence-electron chi connectivity index (χ3n) is 10.3. The fourth-order valence-corrected chi connectivity index (χ4v) is 9.16. The van der Waals surface area contributed by atoms with E-state index in [1.807, 2.05) is 23.6 Å². The molecule has 4 heteroatoms. The molecule has 0 atom stereocenters. The van der Waals surface area contributed by atoms with Crippen LogP contribution in [0, 0.1) is 0 Å². The van der Waals surface area contributed by atoms with Crippen molar-refractivity contribution in [1.29, 1.82) is 0 Å². The van der Waals surface area contributed by atoms with Gasteiger partial charge in [0.25, 0.3) is 0 Å². The van der Waals surface area contributed by atoms with E-state index in [2.05, 4.69) is 173 Å². The number of fused-ring (bicyclic) bond motifs is 9. The monoisotopic (exact) mass is 667 g/mol.